The summed E-state index contributed by atoms with van der Waals surface area (Å²) >= 11 is 0. The largest absolute Gasteiger partial charge is 0.466 e. The van der Waals surface area contributed by atoms with Gasteiger partial charge in [-0.15, -0.1) is 0 Å². The summed E-state index contributed by atoms with van der Waals surface area (Å²) in [6.45, 7) is 16.5. The molecule has 0 aromatic carbocycles. The van der Waals surface area contributed by atoms with Crippen LogP contribution in [0, 0.1) is 11.8 Å². The molecule has 8 heteroatoms. The Bertz CT molecular complexity index is 957. The van der Waals surface area contributed by atoms with Crippen molar-refractivity contribution in [3.63, 3.8) is 0 Å². The Kier molecular flexibility index (Phi) is 37.7. The number of ether oxygens (including phenoxy) is 4. The van der Waals surface area contributed by atoms with Crippen LogP contribution in [0.15, 0.2) is 0 Å². The predicted molar refractivity (Wildman–Crippen MR) is 265 cm³/mol. The normalized spacial score (nSPS) is 16.7. The maximum absolute atomic E-state index is 12.6. The van der Waals surface area contributed by atoms with E-state index in [1.165, 1.54) is 180 Å². The second-order valence-electron chi connectivity index (χ2n) is 20.1. The third-order valence-electron chi connectivity index (χ3n) is 14.1. The molecule has 0 aromatic heterocycles. The summed E-state index contributed by atoms with van der Waals surface area (Å²) in [7, 11) is 0. The van der Waals surface area contributed by atoms with Crippen molar-refractivity contribution in [2.24, 2.45) is 11.8 Å². The Morgan fingerprint density at radius 2 is 0.921 bits per heavy atom. The third kappa shape index (κ3) is 32.2. The van der Waals surface area contributed by atoms with E-state index < -0.39 is 0 Å². The number of nitrogens with one attached hydrogen (secondary N) is 1. The van der Waals surface area contributed by atoms with Gasteiger partial charge in [-0.2, -0.15) is 0 Å². The standard InChI is InChI=1S/C55H106N2O6/c1-5-9-25-33-50(34-26-10-6-2)47-53(58)60-45-31-23-19-15-13-17-21-29-38-55(62-49-52(63-55)37-42-57-43-40-56-41-44-57)39-30-22-18-14-16-20-24-32-46-61-54(59)48-51(35-27-11-7-3)36-28-12-8-4/h50-52,56H,5-49H2,1-4H3. The first-order valence-electron chi connectivity index (χ1n) is 28.0. The molecule has 2 aliphatic heterocycles. The zero-order chi connectivity index (χ0) is 45.3. The lowest BCUT2D eigenvalue weighted by molar-refractivity contribution is -0.180. The van der Waals surface area contributed by atoms with E-state index in [-0.39, 0.29) is 23.8 Å². The summed E-state index contributed by atoms with van der Waals surface area (Å²) in [5, 5.41) is 3.47. The smallest absolute Gasteiger partial charge is 0.306 e. The molecule has 1 N–H and O–H groups in total. The molecule has 63 heavy (non-hydrogen) atoms. The van der Waals surface area contributed by atoms with Crippen LogP contribution in [0.1, 0.15) is 265 Å². The number of carbonyl (C=O) groups excluding carboxylic acids is 2. The second-order valence-corrected chi connectivity index (χ2v) is 20.1. The van der Waals surface area contributed by atoms with Crippen LogP contribution in [-0.4, -0.2) is 81.3 Å². The van der Waals surface area contributed by atoms with Crippen LogP contribution in [0.25, 0.3) is 0 Å². The molecule has 2 rings (SSSR count). The molecule has 2 fully saturated rings. The molecule has 372 valence electrons. The maximum Gasteiger partial charge on any atom is 0.306 e. The van der Waals surface area contributed by atoms with Gasteiger partial charge in [0, 0.05) is 58.4 Å². The van der Waals surface area contributed by atoms with Gasteiger partial charge in [0.1, 0.15) is 0 Å². The van der Waals surface area contributed by atoms with Crippen LogP contribution >= 0.6 is 0 Å². The Labute approximate surface area is 391 Å². The summed E-state index contributed by atoms with van der Waals surface area (Å²) in [4.78, 5) is 27.7. The average molecular weight is 891 g/mol. The van der Waals surface area contributed by atoms with Crippen LogP contribution in [0.2, 0.25) is 0 Å². The lowest BCUT2D eigenvalue weighted by Gasteiger charge is -2.30. The minimum Gasteiger partial charge on any atom is -0.466 e. The van der Waals surface area contributed by atoms with Crippen molar-refractivity contribution in [2.75, 3.05) is 52.5 Å². The van der Waals surface area contributed by atoms with E-state index in [0.29, 0.717) is 37.9 Å². The molecular formula is C55H106N2O6. The molecule has 8 nitrogen and oxygen atoms in total. The number of unbranched alkanes of at least 4 members (excludes halogenated alkanes) is 22. The van der Waals surface area contributed by atoms with E-state index in [2.05, 4.69) is 37.9 Å². The first kappa shape index (κ1) is 57.9. The monoisotopic (exact) mass is 891 g/mol. The van der Waals surface area contributed by atoms with Crippen molar-refractivity contribution in [2.45, 2.75) is 277 Å². The Balaban J connectivity index is 1.58. The first-order chi connectivity index (χ1) is 30.9. The van der Waals surface area contributed by atoms with Gasteiger partial charge >= 0.3 is 11.9 Å². The summed E-state index contributed by atoms with van der Waals surface area (Å²) in [6, 6.07) is 0. The van der Waals surface area contributed by atoms with Crippen molar-refractivity contribution in [1.29, 1.82) is 0 Å². The second kappa shape index (κ2) is 41.0. The lowest BCUT2D eigenvalue weighted by atomic mass is 9.92. The molecule has 0 aromatic rings. The van der Waals surface area contributed by atoms with E-state index in [4.69, 9.17) is 18.9 Å². The van der Waals surface area contributed by atoms with Crippen molar-refractivity contribution >= 4 is 11.9 Å². The van der Waals surface area contributed by atoms with Crippen LogP contribution in [-0.2, 0) is 28.5 Å². The maximum atomic E-state index is 12.6. The van der Waals surface area contributed by atoms with Crippen LogP contribution in [0.3, 0.4) is 0 Å². The minimum absolute atomic E-state index is 0.0278. The fraction of sp³-hybridized carbons (Fsp3) is 0.964. The molecule has 0 saturated carbocycles. The van der Waals surface area contributed by atoms with E-state index >= 15 is 0 Å². The van der Waals surface area contributed by atoms with Crippen molar-refractivity contribution < 1.29 is 28.5 Å². The lowest BCUT2D eigenvalue weighted by Crippen LogP contribution is -2.44. The van der Waals surface area contributed by atoms with Gasteiger partial charge in [-0.3, -0.25) is 9.59 Å². The topological polar surface area (TPSA) is 86.3 Å². The van der Waals surface area contributed by atoms with E-state index in [1.54, 1.807) is 0 Å². The highest BCUT2D eigenvalue weighted by molar-refractivity contribution is 5.70. The van der Waals surface area contributed by atoms with Crippen molar-refractivity contribution in [1.82, 2.24) is 10.2 Å². The Morgan fingerprint density at radius 1 is 0.540 bits per heavy atom. The molecular weight excluding hydrogens is 785 g/mol. The minimum atomic E-state index is -0.390. The van der Waals surface area contributed by atoms with Gasteiger partial charge in [0.05, 0.1) is 25.9 Å². The molecule has 2 aliphatic rings. The van der Waals surface area contributed by atoms with Gasteiger partial charge in [0.25, 0.3) is 0 Å². The van der Waals surface area contributed by atoms with E-state index in [1.807, 2.05) is 0 Å². The van der Waals surface area contributed by atoms with Gasteiger partial charge in [-0.1, -0.05) is 182 Å². The molecule has 0 amide bonds. The zero-order valence-corrected chi connectivity index (χ0v) is 42.4. The van der Waals surface area contributed by atoms with Gasteiger partial charge in [-0.05, 0) is 69.6 Å². The van der Waals surface area contributed by atoms with Crippen LogP contribution in [0.4, 0.5) is 0 Å². The molecule has 2 saturated heterocycles. The summed E-state index contributed by atoms with van der Waals surface area (Å²) in [5.74, 6) is 0.679. The molecule has 1 unspecified atom stereocenters. The Hall–Kier alpha value is -1.22. The highest BCUT2D eigenvalue weighted by Gasteiger charge is 2.40. The highest BCUT2D eigenvalue weighted by Crippen LogP contribution is 2.36. The fourth-order valence-electron chi connectivity index (χ4n) is 9.91. The van der Waals surface area contributed by atoms with Gasteiger partial charge in [-0.25, -0.2) is 0 Å². The number of nitrogens with zero attached hydrogens (tertiary/aromatic N) is 1. The molecule has 0 spiro atoms. The quantitative estimate of drug-likeness (QED) is 0.0478. The van der Waals surface area contributed by atoms with Crippen LogP contribution in [0.5, 0.6) is 0 Å². The summed E-state index contributed by atoms with van der Waals surface area (Å²) in [5.41, 5.74) is 0. The summed E-state index contributed by atoms with van der Waals surface area (Å²) in [6.07, 6.45) is 43.5. The molecule has 0 radical (unpaired) electrons. The molecule has 0 aliphatic carbocycles. The molecule has 1 atom stereocenters. The number of hydrogen-bond acceptors (Lipinski definition) is 8. The molecule has 2 heterocycles. The number of esters is 2. The van der Waals surface area contributed by atoms with E-state index in [9.17, 15) is 9.59 Å². The number of hydrogen-bond donors (Lipinski definition) is 1. The van der Waals surface area contributed by atoms with E-state index in [0.717, 1.165) is 84.3 Å². The fourth-order valence-corrected chi connectivity index (χ4v) is 9.91. The SMILES string of the molecule is CCCCCC(CCCCC)CC(=O)OCCCCCCCCCCC1(CCCCCCCCCCOC(=O)CC(CCCCC)CCCCC)OCC(CCN2CCNCC2)O1. The first-order valence-corrected chi connectivity index (χ1v) is 28.0. The third-order valence-corrected chi connectivity index (χ3v) is 14.1. The summed E-state index contributed by atoms with van der Waals surface area (Å²) < 4.78 is 24.8. The number of rotatable bonds is 45. The average Bonchev–Trinajstić information content (AvgIpc) is 3.69. The van der Waals surface area contributed by atoms with Crippen molar-refractivity contribution in [3.05, 3.63) is 0 Å². The van der Waals surface area contributed by atoms with Gasteiger partial charge in [0.2, 0.25) is 0 Å². The highest BCUT2D eigenvalue weighted by atomic mass is 16.7. The van der Waals surface area contributed by atoms with Gasteiger partial charge < -0.3 is 29.2 Å². The number of piperazine rings is 1. The Morgan fingerprint density at radius 3 is 1.32 bits per heavy atom. The number of carbonyl (C=O) groups is 2. The molecule has 0 bridgehead atoms. The predicted octanol–water partition coefficient (Wildman–Crippen LogP) is 14.8. The van der Waals surface area contributed by atoms with Gasteiger partial charge in [0.15, 0.2) is 5.79 Å². The van der Waals surface area contributed by atoms with Crippen LogP contribution < -0.4 is 5.32 Å². The zero-order valence-electron chi connectivity index (χ0n) is 42.4. The van der Waals surface area contributed by atoms with Crippen molar-refractivity contribution in [3.8, 4) is 0 Å².